The molecule has 0 atom stereocenters. The molecule has 0 aliphatic carbocycles. The number of carbonyl (C=O) groups excluding carboxylic acids is 2. The van der Waals surface area contributed by atoms with Crippen molar-refractivity contribution in [2.75, 3.05) is 17.6 Å². The lowest BCUT2D eigenvalue weighted by molar-refractivity contribution is -0.119. The lowest BCUT2D eigenvalue weighted by atomic mass is 10.4. The largest absolute Gasteiger partial charge is 0.360 e. The van der Waals surface area contributed by atoms with Crippen molar-refractivity contribution in [3.05, 3.63) is 0 Å². The first kappa shape index (κ1) is 14.7. The lowest BCUT2D eigenvalue weighted by Gasteiger charge is -1.98. The summed E-state index contributed by atoms with van der Waals surface area (Å²) in [6.07, 6.45) is 1.24. The minimum Gasteiger partial charge on any atom is -0.360 e. The van der Waals surface area contributed by atoms with E-state index in [4.69, 9.17) is 5.73 Å². The van der Waals surface area contributed by atoms with Crippen molar-refractivity contribution in [2.45, 2.75) is 24.1 Å². The second-order valence-electron chi connectivity index (χ2n) is 3.31. The molecular formula is C9H15N5O2S2. The highest BCUT2D eigenvalue weighted by Gasteiger charge is 2.07. The van der Waals surface area contributed by atoms with Gasteiger partial charge in [0.05, 0.1) is 0 Å². The lowest BCUT2D eigenvalue weighted by Crippen LogP contribution is -2.35. The fourth-order valence-corrected chi connectivity index (χ4v) is 2.79. The van der Waals surface area contributed by atoms with Gasteiger partial charge in [-0.15, -0.1) is 10.2 Å². The first-order valence-corrected chi connectivity index (χ1v) is 7.21. The number of carbonyl (C=O) groups is 2. The van der Waals surface area contributed by atoms with Gasteiger partial charge in [-0.2, -0.15) is 0 Å². The Labute approximate surface area is 113 Å². The number of thioether (sulfide) groups is 1. The van der Waals surface area contributed by atoms with Gasteiger partial charge in [-0.1, -0.05) is 30.0 Å². The summed E-state index contributed by atoms with van der Waals surface area (Å²) in [4.78, 5) is 21.5. The van der Waals surface area contributed by atoms with Crippen molar-refractivity contribution in [2.24, 2.45) is 5.73 Å². The number of hydrogen-bond acceptors (Lipinski definition) is 7. The quantitative estimate of drug-likeness (QED) is 0.647. The van der Waals surface area contributed by atoms with Gasteiger partial charge in [0, 0.05) is 18.7 Å². The monoisotopic (exact) mass is 289 g/mol. The van der Waals surface area contributed by atoms with Gasteiger partial charge in [0.25, 0.3) is 0 Å². The molecule has 9 heteroatoms. The van der Waals surface area contributed by atoms with Crippen molar-refractivity contribution < 1.29 is 9.59 Å². The van der Waals surface area contributed by atoms with Crippen molar-refractivity contribution in [3.63, 3.8) is 0 Å². The van der Waals surface area contributed by atoms with E-state index in [1.54, 1.807) is 0 Å². The molecule has 1 aromatic heterocycles. The van der Waals surface area contributed by atoms with E-state index in [-0.39, 0.29) is 12.3 Å². The number of urea groups is 1. The van der Waals surface area contributed by atoms with Gasteiger partial charge in [-0.3, -0.25) is 10.1 Å². The van der Waals surface area contributed by atoms with Crippen molar-refractivity contribution >= 4 is 40.2 Å². The van der Waals surface area contributed by atoms with Gasteiger partial charge >= 0.3 is 6.03 Å². The zero-order chi connectivity index (χ0) is 13.4. The molecule has 18 heavy (non-hydrogen) atoms. The summed E-state index contributed by atoms with van der Waals surface area (Å²) in [6, 6.07) is -0.827. The molecule has 0 aliphatic rings. The molecule has 0 spiro atoms. The minimum absolute atomic E-state index is 0.213. The molecule has 100 valence electrons. The SMILES string of the molecule is CCCNc1nnc(SCCC(=O)NC(N)=O)s1. The molecule has 1 rings (SSSR count). The number of amides is 3. The van der Waals surface area contributed by atoms with E-state index in [1.807, 2.05) is 5.32 Å². The van der Waals surface area contributed by atoms with Gasteiger partial charge in [-0.25, -0.2) is 4.79 Å². The van der Waals surface area contributed by atoms with Gasteiger partial charge in [-0.05, 0) is 6.42 Å². The Balaban J connectivity index is 2.24. The third kappa shape index (κ3) is 5.82. The maximum absolute atomic E-state index is 11.1. The van der Waals surface area contributed by atoms with Crippen LogP contribution in [0.15, 0.2) is 4.34 Å². The number of primary amides is 1. The van der Waals surface area contributed by atoms with Crippen LogP contribution >= 0.6 is 23.1 Å². The molecule has 0 aliphatic heterocycles. The Morgan fingerprint density at radius 3 is 2.89 bits per heavy atom. The number of rotatable bonds is 7. The number of hydrogen-bond donors (Lipinski definition) is 3. The normalized spacial score (nSPS) is 10.1. The third-order valence-corrected chi connectivity index (χ3v) is 3.77. The molecule has 4 N–H and O–H groups in total. The molecule has 3 amide bonds. The van der Waals surface area contributed by atoms with Crippen LogP contribution in [0.1, 0.15) is 19.8 Å². The maximum Gasteiger partial charge on any atom is 0.318 e. The summed E-state index contributed by atoms with van der Waals surface area (Å²) in [7, 11) is 0. The number of nitrogens with one attached hydrogen (secondary N) is 2. The van der Waals surface area contributed by atoms with E-state index in [1.165, 1.54) is 23.1 Å². The number of imide groups is 1. The first-order valence-electron chi connectivity index (χ1n) is 5.41. The Morgan fingerprint density at radius 2 is 2.22 bits per heavy atom. The predicted molar refractivity (Wildman–Crippen MR) is 71.8 cm³/mol. The smallest absolute Gasteiger partial charge is 0.318 e. The second-order valence-corrected chi connectivity index (χ2v) is 5.63. The van der Waals surface area contributed by atoms with E-state index >= 15 is 0 Å². The summed E-state index contributed by atoms with van der Waals surface area (Å²) < 4.78 is 0.792. The van der Waals surface area contributed by atoms with Gasteiger partial charge in [0.15, 0.2) is 4.34 Å². The standard InChI is InChI=1S/C9H15N5O2S2/c1-2-4-11-8-13-14-9(18-8)17-5-3-6(15)12-7(10)16/h2-5H2,1H3,(H,11,13)(H3,10,12,15,16). The number of nitrogens with zero attached hydrogens (tertiary/aromatic N) is 2. The van der Waals surface area contributed by atoms with Crippen LogP contribution in [-0.4, -0.2) is 34.4 Å². The van der Waals surface area contributed by atoms with Crippen LogP contribution < -0.4 is 16.4 Å². The Hall–Kier alpha value is -1.35. The Bertz CT molecular complexity index is 409. The van der Waals surface area contributed by atoms with Crippen LogP contribution in [0.5, 0.6) is 0 Å². The topological polar surface area (TPSA) is 110 Å². The number of anilines is 1. The zero-order valence-corrected chi connectivity index (χ0v) is 11.6. The van der Waals surface area contributed by atoms with E-state index < -0.39 is 6.03 Å². The fourth-order valence-electron chi connectivity index (χ4n) is 1.00. The molecule has 0 fully saturated rings. The second kappa shape index (κ2) is 7.88. The molecular weight excluding hydrogens is 274 g/mol. The molecule has 0 aromatic carbocycles. The van der Waals surface area contributed by atoms with Crippen LogP contribution in [0, 0.1) is 0 Å². The molecule has 7 nitrogen and oxygen atoms in total. The highest BCUT2D eigenvalue weighted by atomic mass is 32.2. The van der Waals surface area contributed by atoms with Crippen molar-refractivity contribution in [3.8, 4) is 0 Å². The van der Waals surface area contributed by atoms with E-state index in [9.17, 15) is 9.59 Å². The molecule has 0 unspecified atom stereocenters. The summed E-state index contributed by atoms with van der Waals surface area (Å²) >= 11 is 2.87. The maximum atomic E-state index is 11.1. The van der Waals surface area contributed by atoms with Crippen molar-refractivity contribution in [1.29, 1.82) is 0 Å². The van der Waals surface area contributed by atoms with Gasteiger partial charge in [0.1, 0.15) is 0 Å². The highest BCUT2D eigenvalue weighted by Crippen LogP contribution is 2.25. The van der Waals surface area contributed by atoms with Gasteiger partial charge < -0.3 is 11.1 Å². The fraction of sp³-hybridized carbons (Fsp3) is 0.556. The highest BCUT2D eigenvalue weighted by molar-refractivity contribution is 8.01. The van der Waals surface area contributed by atoms with Crippen LogP contribution in [0.4, 0.5) is 9.93 Å². The summed E-state index contributed by atoms with van der Waals surface area (Å²) in [6.45, 7) is 2.93. The van der Waals surface area contributed by atoms with Gasteiger partial charge in [0.2, 0.25) is 11.0 Å². The zero-order valence-electron chi connectivity index (χ0n) is 9.93. The molecule has 0 saturated carbocycles. The molecule has 0 radical (unpaired) electrons. The summed E-state index contributed by atoms with van der Waals surface area (Å²) in [5.74, 6) is 0.144. The molecule has 0 bridgehead atoms. The molecule has 0 saturated heterocycles. The van der Waals surface area contributed by atoms with Crippen LogP contribution in [0.2, 0.25) is 0 Å². The van der Waals surface area contributed by atoms with E-state index in [0.29, 0.717) is 5.75 Å². The van der Waals surface area contributed by atoms with E-state index in [2.05, 4.69) is 22.4 Å². The average Bonchev–Trinajstić information content (AvgIpc) is 2.73. The molecule has 1 heterocycles. The van der Waals surface area contributed by atoms with Crippen LogP contribution in [0.25, 0.3) is 0 Å². The summed E-state index contributed by atoms with van der Waals surface area (Å²) in [5.41, 5.74) is 4.82. The van der Waals surface area contributed by atoms with E-state index in [0.717, 1.165) is 22.4 Å². The molecule has 1 aromatic rings. The summed E-state index contributed by atoms with van der Waals surface area (Å²) in [5, 5.41) is 13.8. The van der Waals surface area contributed by atoms with Crippen molar-refractivity contribution in [1.82, 2.24) is 15.5 Å². The number of nitrogens with two attached hydrogens (primary N) is 1. The van der Waals surface area contributed by atoms with Crippen LogP contribution in [0.3, 0.4) is 0 Å². The minimum atomic E-state index is -0.827. The first-order chi connectivity index (χ1) is 8.61. The number of aromatic nitrogens is 2. The predicted octanol–water partition coefficient (Wildman–Crippen LogP) is 1.04. The third-order valence-electron chi connectivity index (χ3n) is 1.75. The Kier molecular flexibility index (Phi) is 6.44. The Morgan fingerprint density at radius 1 is 1.44 bits per heavy atom. The van der Waals surface area contributed by atoms with Crippen LogP contribution in [-0.2, 0) is 4.79 Å². The average molecular weight is 289 g/mol.